The van der Waals surface area contributed by atoms with Gasteiger partial charge in [-0.05, 0) is 30.6 Å². The summed E-state index contributed by atoms with van der Waals surface area (Å²) in [6.45, 7) is 1.56. The molecule has 0 bridgehead atoms. The summed E-state index contributed by atoms with van der Waals surface area (Å²) in [5, 5.41) is 9.77. The van der Waals surface area contributed by atoms with Gasteiger partial charge < -0.3 is 10.0 Å². The van der Waals surface area contributed by atoms with E-state index in [0.29, 0.717) is 6.04 Å². The Bertz CT molecular complexity index is 511. The molecule has 23 heavy (non-hydrogen) atoms. The zero-order chi connectivity index (χ0) is 16.2. The summed E-state index contributed by atoms with van der Waals surface area (Å²) in [6, 6.07) is 10.2. The highest BCUT2D eigenvalue weighted by molar-refractivity contribution is 7.99. The molecular weight excluding hydrogens is 308 g/mol. The lowest BCUT2D eigenvalue weighted by Gasteiger charge is -2.38. The van der Waals surface area contributed by atoms with Crippen molar-refractivity contribution in [3.05, 3.63) is 35.9 Å². The van der Waals surface area contributed by atoms with Crippen LogP contribution >= 0.6 is 11.8 Å². The number of likely N-dealkylation sites (N-methyl/N-ethyl adjacent to an activating group) is 1. The van der Waals surface area contributed by atoms with Crippen molar-refractivity contribution in [2.75, 3.05) is 31.6 Å². The van der Waals surface area contributed by atoms with E-state index in [4.69, 9.17) is 0 Å². The average molecular weight is 334 g/mol. The van der Waals surface area contributed by atoms with Crippen molar-refractivity contribution in [2.45, 2.75) is 37.5 Å². The third-order valence-electron chi connectivity index (χ3n) is 5.01. The van der Waals surface area contributed by atoms with Crippen molar-refractivity contribution in [3.8, 4) is 0 Å². The number of nitrogens with zero attached hydrogens (tertiary/aromatic N) is 2. The van der Waals surface area contributed by atoms with Gasteiger partial charge in [-0.25, -0.2) is 0 Å². The zero-order valence-electron chi connectivity index (χ0n) is 13.7. The molecule has 0 aliphatic carbocycles. The number of amides is 1. The number of carbonyl (C=O) groups excluding carboxylic acids is 1. The highest BCUT2D eigenvalue weighted by atomic mass is 32.2. The third kappa shape index (κ3) is 3.90. The predicted octanol–water partition coefficient (Wildman–Crippen LogP) is 2.15. The Morgan fingerprint density at radius 3 is 2.57 bits per heavy atom. The van der Waals surface area contributed by atoms with Crippen LogP contribution in [0.1, 0.15) is 30.9 Å². The molecule has 0 aromatic heterocycles. The molecule has 0 unspecified atom stereocenters. The molecule has 2 fully saturated rings. The van der Waals surface area contributed by atoms with Crippen LogP contribution in [-0.2, 0) is 4.79 Å². The molecule has 2 atom stereocenters. The molecule has 1 amide bonds. The van der Waals surface area contributed by atoms with E-state index in [2.05, 4.69) is 4.90 Å². The standard InChI is InChI=1S/C18H26N2O2S/c1-19(15-9-12-23-13-15)18(22)17(14-5-3-2-4-6-14)20-10-7-16(21)8-11-20/h2-6,15-17,21H,7-13H2,1H3/t15-,17-/m0/s1. The maximum absolute atomic E-state index is 13.2. The fourth-order valence-corrected chi connectivity index (χ4v) is 4.76. The number of rotatable bonds is 4. The van der Waals surface area contributed by atoms with Gasteiger partial charge in [-0.2, -0.15) is 11.8 Å². The summed E-state index contributed by atoms with van der Waals surface area (Å²) >= 11 is 1.93. The number of benzene rings is 1. The molecule has 2 heterocycles. The largest absolute Gasteiger partial charge is 0.393 e. The van der Waals surface area contributed by atoms with Crippen LogP contribution in [0.25, 0.3) is 0 Å². The highest BCUT2D eigenvalue weighted by Crippen LogP contribution is 2.29. The fraction of sp³-hybridized carbons (Fsp3) is 0.611. The lowest BCUT2D eigenvalue weighted by Crippen LogP contribution is -2.48. The first-order valence-corrected chi connectivity index (χ1v) is 9.64. The van der Waals surface area contributed by atoms with Gasteiger partial charge in [0.1, 0.15) is 6.04 Å². The van der Waals surface area contributed by atoms with Crippen LogP contribution < -0.4 is 0 Å². The second-order valence-corrected chi connectivity index (χ2v) is 7.70. The van der Waals surface area contributed by atoms with Crippen molar-refractivity contribution < 1.29 is 9.90 Å². The summed E-state index contributed by atoms with van der Waals surface area (Å²) in [4.78, 5) is 17.4. The Morgan fingerprint density at radius 2 is 1.96 bits per heavy atom. The minimum atomic E-state index is -0.223. The minimum absolute atomic E-state index is 0.195. The number of aliphatic hydroxyl groups excluding tert-OH is 1. The third-order valence-corrected chi connectivity index (χ3v) is 6.16. The normalized spacial score (nSPS) is 24.5. The van der Waals surface area contributed by atoms with E-state index < -0.39 is 0 Å². The summed E-state index contributed by atoms with van der Waals surface area (Å²) in [5.41, 5.74) is 1.06. The van der Waals surface area contributed by atoms with Crippen LogP contribution in [-0.4, -0.2) is 64.6 Å². The maximum Gasteiger partial charge on any atom is 0.244 e. The van der Waals surface area contributed by atoms with E-state index in [1.54, 1.807) is 0 Å². The summed E-state index contributed by atoms with van der Waals surface area (Å²) in [5.74, 6) is 2.39. The molecule has 2 saturated heterocycles. The molecule has 126 valence electrons. The molecule has 1 N–H and O–H groups in total. The van der Waals surface area contributed by atoms with E-state index in [0.717, 1.165) is 49.4 Å². The number of thioether (sulfide) groups is 1. The number of hydrogen-bond acceptors (Lipinski definition) is 4. The van der Waals surface area contributed by atoms with Crippen molar-refractivity contribution >= 4 is 17.7 Å². The number of likely N-dealkylation sites (tertiary alicyclic amines) is 1. The smallest absolute Gasteiger partial charge is 0.244 e. The van der Waals surface area contributed by atoms with Crippen molar-refractivity contribution in [2.24, 2.45) is 0 Å². The SMILES string of the molecule is CN(C(=O)[C@H](c1ccccc1)N1CCC(O)CC1)[C@H]1CCSC1. The molecule has 4 nitrogen and oxygen atoms in total. The maximum atomic E-state index is 13.2. The lowest BCUT2D eigenvalue weighted by molar-refractivity contribution is -0.138. The molecule has 1 aromatic carbocycles. The van der Waals surface area contributed by atoms with Gasteiger partial charge in [0.2, 0.25) is 5.91 Å². The quantitative estimate of drug-likeness (QED) is 0.916. The Hall–Kier alpha value is -1.04. The fourth-order valence-electron chi connectivity index (χ4n) is 3.49. The van der Waals surface area contributed by atoms with Gasteiger partial charge in [-0.15, -0.1) is 0 Å². The lowest BCUT2D eigenvalue weighted by atomic mass is 9.99. The van der Waals surface area contributed by atoms with Gasteiger partial charge in [0.25, 0.3) is 0 Å². The van der Waals surface area contributed by atoms with Crippen molar-refractivity contribution in [1.82, 2.24) is 9.80 Å². The van der Waals surface area contributed by atoms with Gasteiger partial charge in [-0.3, -0.25) is 9.69 Å². The van der Waals surface area contributed by atoms with Gasteiger partial charge in [0.15, 0.2) is 0 Å². The van der Waals surface area contributed by atoms with E-state index in [-0.39, 0.29) is 18.1 Å². The first kappa shape index (κ1) is 16.8. The first-order valence-electron chi connectivity index (χ1n) is 8.48. The molecule has 2 aliphatic rings. The highest BCUT2D eigenvalue weighted by Gasteiger charge is 2.35. The Kier molecular flexibility index (Phi) is 5.62. The summed E-state index contributed by atoms with van der Waals surface area (Å²) < 4.78 is 0. The number of aliphatic hydroxyl groups is 1. The number of piperidine rings is 1. The minimum Gasteiger partial charge on any atom is -0.393 e. The summed E-state index contributed by atoms with van der Waals surface area (Å²) in [7, 11) is 1.95. The number of carbonyl (C=O) groups is 1. The van der Waals surface area contributed by atoms with Crippen LogP contribution in [0, 0.1) is 0 Å². The molecule has 0 saturated carbocycles. The predicted molar refractivity (Wildman–Crippen MR) is 94.5 cm³/mol. The Labute approximate surface area is 142 Å². The Morgan fingerprint density at radius 1 is 1.26 bits per heavy atom. The van der Waals surface area contributed by atoms with Crippen LogP contribution in [0.4, 0.5) is 0 Å². The Balaban J connectivity index is 1.81. The van der Waals surface area contributed by atoms with E-state index in [9.17, 15) is 9.90 Å². The van der Waals surface area contributed by atoms with Crippen LogP contribution in [0.2, 0.25) is 0 Å². The monoisotopic (exact) mass is 334 g/mol. The van der Waals surface area contributed by atoms with Gasteiger partial charge in [0.05, 0.1) is 6.10 Å². The van der Waals surface area contributed by atoms with Crippen LogP contribution in [0.15, 0.2) is 30.3 Å². The van der Waals surface area contributed by atoms with Crippen LogP contribution in [0.3, 0.4) is 0 Å². The molecule has 1 aromatic rings. The van der Waals surface area contributed by atoms with E-state index in [1.807, 2.05) is 54.0 Å². The van der Waals surface area contributed by atoms with Crippen LogP contribution in [0.5, 0.6) is 0 Å². The molecule has 5 heteroatoms. The molecule has 0 radical (unpaired) electrons. The van der Waals surface area contributed by atoms with Crippen molar-refractivity contribution in [3.63, 3.8) is 0 Å². The summed E-state index contributed by atoms with van der Waals surface area (Å²) in [6.07, 6.45) is 2.37. The molecule has 2 aliphatic heterocycles. The number of hydrogen-bond donors (Lipinski definition) is 1. The second kappa shape index (κ2) is 7.69. The van der Waals surface area contributed by atoms with E-state index >= 15 is 0 Å². The van der Waals surface area contributed by atoms with Crippen molar-refractivity contribution in [1.29, 1.82) is 0 Å². The van der Waals surface area contributed by atoms with Gasteiger partial charge in [0, 0.05) is 31.9 Å². The molecule has 3 rings (SSSR count). The average Bonchev–Trinajstić information content (AvgIpc) is 3.11. The first-order chi connectivity index (χ1) is 11.2. The molecule has 0 spiro atoms. The topological polar surface area (TPSA) is 43.8 Å². The molecular formula is C18H26N2O2S. The second-order valence-electron chi connectivity index (χ2n) is 6.55. The van der Waals surface area contributed by atoms with Gasteiger partial charge >= 0.3 is 0 Å². The zero-order valence-corrected chi connectivity index (χ0v) is 14.5. The van der Waals surface area contributed by atoms with E-state index in [1.165, 1.54) is 0 Å². The van der Waals surface area contributed by atoms with Gasteiger partial charge in [-0.1, -0.05) is 30.3 Å².